The van der Waals surface area contributed by atoms with Crippen LogP contribution in [-0.4, -0.2) is 38.8 Å². The van der Waals surface area contributed by atoms with Crippen molar-refractivity contribution in [2.45, 2.75) is 52.3 Å². The van der Waals surface area contributed by atoms with Gasteiger partial charge in [-0.15, -0.1) is 15.3 Å². The monoisotopic (exact) mass is 474 g/mol. The number of alkyl halides is 3. The molecule has 1 amide bonds. The van der Waals surface area contributed by atoms with Crippen LogP contribution in [0.5, 0.6) is 0 Å². The van der Waals surface area contributed by atoms with Gasteiger partial charge in [0.15, 0.2) is 5.65 Å². The van der Waals surface area contributed by atoms with Crippen molar-refractivity contribution in [3.63, 3.8) is 0 Å². The number of aryl methyl sites for hydroxylation is 1. The second-order valence-corrected chi connectivity index (χ2v) is 9.07. The van der Waals surface area contributed by atoms with Gasteiger partial charge in [-0.2, -0.15) is 17.7 Å². The van der Waals surface area contributed by atoms with Gasteiger partial charge in [-0.3, -0.25) is 4.79 Å². The third-order valence-electron chi connectivity index (χ3n) is 6.40. The minimum Gasteiger partial charge on any atom is -0.355 e. The van der Waals surface area contributed by atoms with Crippen LogP contribution in [0.3, 0.4) is 0 Å². The molecule has 2 aromatic heterocycles. The summed E-state index contributed by atoms with van der Waals surface area (Å²) in [5, 5.41) is 14.1. The van der Waals surface area contributed by atoms with Gasteiger partial charge in [-0.25, -0.2) is 0 Å². The molecule has 1 saturated heterocycles. The van der Waals surface area contributed by atoms with Crippen molar-refractivity contribution in [1.82, 2.24) is 25.1 Å². The summed E-state index contributed by atoms with van der Waals surface area (Å²) in [5.41, 5.74) is 2.38. The van der Waals surface area contributed by atoms with Gasteiger partial charge in [0.1, 0.15) is 5.82 Å². The normalized spacial score (nSPS) is 16.3. The van der Waals surface area contributed by atoms with Gasteiger partial charge in [0.05, 0.1) is 6.04 Å². The van der Waals surface area contributed by atoms with Crippen molar-refractivity contribution >= 4 is 17.4 Å². The summed E-state index contributed by atoms with van der Waals surface area (Å²) in [4.78, 5) is 15.0. The van der Waals surface area contributed by atoms with Crippen molar-refractivity contribution in [2.24, 2.45) is 11.8 Å². The first-order valence-corrected chi connectivity index (χ1v) is 11.6. The van der Waals surface area contributed by atoms with Gasteiger partial charge in [0.2, 0.25) is 5.91 Å². The molecule has 182 valence electrons. The Hall–Kier alpha value is -3.17. The van der Waals surface area contributed by atoms with Crippen LogP contribution in [0.2, 0.25) is 0 Å². The van der Waals surface area contributed by atoms with Crippen LogP contribution in [0.25, 0.3) is 5.65 Å². The third kappa shape index (κ3) is 5.00. The van der Waals surface area contributed by atoms with E-state index in [0.29, 0.717) is 31.7 Å². The summed E-state index contributed by atoms with van der Waals surface area (Å²) >= 11 is 0. The number of halogens is 3. The average Bonchev–Trinajstić information content (AvgIpc) is 3.26. The molecule has 1 fully saturated rings. The van der Waals surface area contributed by atoms with Crippen LogP contribution >= 0.6 is 0 Å². The molecule has 1 atom stereocenters. The first kappa shape index (κ1) is 24.0. The first-order chi connectivity index (χ1) is 16.2. The van der Waals surface area contributed by atoms with Gasteiger partial charge in [0, 0.05) is 19.0 Å². The molecule has 10 heteroatoms. The highest BCUT2D eigenvalue weighted by atomic mass is 19.4. The maximum absolute atomic E-state index is 13.2. The number of amides is 1. The zero-order chi connectivity index (χ0) is 24.5. The number of hydrogen-bond acceptors (Lipinski definition) is 5. The lowest BCUT2D eigenvalue weighted by Crippen LogP contribution is -2.42. The number of piperidine rings is 1. The number of carbonyl (C=O) groups is 1. The Kier molecular flexibility index (Phi) is 6.77. The molecule has 1 N–H and O–H groups in total. The fourth-order valence-corrected chi connectivity index (χ4v) is 4.36. The van der Waals surface area contributed by atoms with Crippen molar-refractivity contribution < 1.29 is 18.0 Å². The Morgan fingerprint density at radius 3 is 2.35 bits per heavy atom. The lowest BCUT2D eigenvalue weighted by atomic mass is 9.91. The van der Waals surface area contributed by atoms with Gasteiger partial charge in [-0.1, -0.05) is 45.0 Å². The highest BCUT2D eigenvalue weighted by Crippen LogP contribution is 2.29. The van der Waals surface area contributed by atoms with Gasteiger partial charge >= 0.3 is 6.18 Å². The molecule has 0 saturated carbocycles. The van der Waals surface area contributed by atoms with Crippen LogP contribution in [0, 0.1) is 11.8 Å². The molecule has 0 aliphatic carbocycles. The predicted molar refractivity (Wildman–Crippen MR) is 122 cm³/mol. The summed E-state index contributed by atoms with van der Waals surface area (Å²) < 4.78 is 40.2. The Labute approximate surface area is 196 Å². The smallest absolute Gasteiger partial charge is 0.355 e. The number of fused-ring (bicyclic) bond motifs is 1. The van der Waals surface area contributed by atoms with E-state index in [1.165, 1.54) is 11.6 Å². The lowest BCUT2D eigenvalue weighted by Gasteiger charge is -2.33. The highest BCUT2D eigenvalue weighted by Gasteiger charge is 2.38. The van der Waals surface area contributed by atoms with E-state index in [1.807, 2.05) is 4.90 Å². The van der Waals surface area contributed by atoms with E-state index in [-0.39, 0.29) is 29.4 Å². The quantitative estimate of drug-likeness (QED) is 0.572. The number of carbonyl (C=O) groups excluding carboxylic acids is 1. The van der Waals surface area contributed by atoms with Crippen molar-refractivity contribution in [3.05, 3.63) is 53.3 Å². The molecule has 1 aromatic carbocycles. The number of nitrogens with one attached hydrogen (secondary N) is 1. The number of benzene rings is 1. The zero-order valence-electron chi connectivity index (χ0n) is 19.5. The average molecular weight is 475 g/mol. The summed E-state index contributed by atoms with van der Waals surface area (Å²) in [6, 6.07) is 11.4. The molecule has 7 nitrogen and oxygen atoms in total. The molecule has 4 rings (SSSR count). The molecule has 0 radical (unpaired) electrons. The van der Waals surface area contributed by atoms with E-state index in [0.717, 1.165) is 16.5 Å². The second kappa shape index (κ2) is 9.60. The number of rotatable bonds is 6. The summed E-state index contributed by atoms with van der Waals surface area (Å²) in [6.45, 7) is 7.33. The minimum atomic E-state index is -4.64. The summed E-state index contributed by atoms with van der Waals surface area (Å²) in [5.74, 6) is -0.645. The molecular formula is C24H29F3N6O. The molecule has 1 aliphatic heterocycles. The zero-order valence-corrected chi connectivity index (χ0v) is 19.5. The Bertz CT molecular complexity index is 1130. The maximum Gasteiger partial charge on any atom is 0.453 e. The van der Waals surface area contributed by atoms with E-state index in [2.05, 4.69) is 65.6 Å². The van der Waals surface area contributed by atoms with Crippen LogP contribution < -0.4 is 10.2 Å². The molecule has 0 bridgehead atoms. The number of nitrogens with zero attached hydrogens (tertiary/aromatic N) is 5. The van der Waals surface area contributed by atoms with Crippen LogP contribution in [0.4, 0.5) is 19.0 Å². The van der Waals surface area contributed by atoms with Crippen molar-refractivity contribution in [1.29, 1.82) is 0 Å². The van der Waals surface area contributed by atoms with E-state index in [1.54, 1.807) is 6.07 Å². The molecule has 1 aliphatic rings. The number of anilines is 1. The Morgan fingerprint density at radius 2 is 1.76 bits per heavy atom. The molecule has 34 heavy (non-hydrogen) atoms. The largest absolute Gasteiger partial charge is 0.453 e. The van der Waals surface area contributed by atoms with Gasteiger partial charge < -0.3 is 10.2 Å². The molecular weight excluding hydrogens is 445 g/mol. The second-order valence-electron chi connectivity index (χ2n) is 9.07. The standard InChI is InChI=1S/C24H29F3N6O/c1-4-16-5-7-17(8-6-16)21(15(2)3)28-22(34)18-11-13-32(14-12-18)20-10-9-19-29-30-23(24(25,26)27)33(19)31-20/h5-10,15,18,21H,4,11-14H2,1-3H3,(H,28,34). The maximum atomic E-state index is 13.2. The molecule has 1 unspecified atom stereocenters. The van der Waals surface area contributed by atoms with Gasteiger partial charge in [-0.05, 0) is 48.4 Å². The predicted octanol–water partition coefficient (Wildman–Crippen LogP) is 4.44. The fourth-order valence-electron chi connectivity index (χ4n) is 4.36. The van der Waals surface area contributed by atoms with E-state index >= 15 is 0 Å². The first-order valence-electron chi connectivity index (χ1n) is 11.6. The topological polar surface area (TPSA) is 75.4 Å². The molecule has 3 aromatic rings. The Balaban J connectivity index is 1.41. The van der Waals surface area contributed by atoms with E-state index in [4.69, 9.17) is 0 Å². The third-order valence-corrected chi connectivity index (χ3v) is 6.40. The highest BCUT2D eigenvalue weighted by molar-refractivity contribution is 5.79. The molecule has 0 spiro atoms. The van der Waals surface area contributed by atoms with E-state index < -0.39 is 12.0 Å². The van der Waals surface area contributed by atoms with Gasteiger partial charge in [0.25, 0.3) is 5.82 Å². The van der Waals surface area contributed by atoms with E-state index in [9.17, 15) is 18.0 Å². The van der Waals surface area contributed by atoms with Crippen molar-refractivity contribution in [3.8, 4) is 0 Å². The number of hydrogen-bond donors (Lipinski definition) is 1. The summed E-state index contributed by atoms with van der Waals surface area (Å²) in [7, 11) is 0. The summed E-state index contributed by atoms with van der Waals surface area (Å²) in [6.07, 6.45) is -2.48. The number of aromatic nitrogens is 4. The lowest BCUT2D eigenvalue weighted by molar-refractivity contribution is -0.146. The Morgan fingerprint density at radius 1 is 1.09 bits per heavy atom. The minimum absolute atomic E-state index is 0.0134. The van der Waals surface area contributed by atoms with Crippen LogP contribution in [0.1, 0.15) is 56.6 Å². The van der Waals surface area contributed by atoms with Crippen LogP contribution in [-0.2, 0) is 17.4 Å². The van der Waals surface area contributed by atoms with Crippen molar-refractivity contribution in [2.75, 3.05) is 18.0 Å². The molecule has 3 heterocycles. The fraction of sp³-hybridized carbons (Fsp3) is 0.500. The van der Waals surface area contributed by atoms with Crippen LogP contribution in [0.15, 0.2) is 36.4 Å². The SMILES string of the molecule is CCc1ccc(C(NC(=O)C2CCN(c3ccc4nnc(C(F)(F)F)n4n3)CC2)C(C)C)cc1.